The molecule has 162 valence electrons. The van der Waals surface area contributed by atoms with Crippen LogP contribution in [0.1, 0.15) is 25.0 Å². The molecule has 4 rings (SSSR count). The molecule has 1 saturated heterocycles. The zero-order valence-electron chi connectivity index (χ0n) is 17.9. The third kappa shape index (κ3) is 5.12. The van der Waals surface area contributed by atoms with Crippen LogP contribution >= 0.6 is 23.2 Å². The van der Waals surface area contributed by atoms with E-state index in [-0.39, 0.29) is 12.3 Å². The number of aromatic nitrogens is 1. The number of piperazine rings is 1. The Hall–Kier alpha value is -2.34. The molecule has 0 bridgehead atoms. The van der Waals surface area contributed by atoms with Crippen molar-refractivity contribution >= 4 is 51.5 Å². The first kappa shape index (κ1) is 21.9. The summed E-state index contributed by atoms with van der Waals surface area (Å²) in [5.41, 5.74) is 3.63. The van der Waals surface area contributed by atoms with Crippen molar-refractivity contribution in [3.8, 4) is 0 Å². The number of carbonyl (C=O) groups is 1. The van der Waals surface area contributed by atoms with Gasteiger partial charge in [-0.25, -0.2) is 4.98 Å². The minimum Gasteiger partial charge on any atom is -0.353 e. The minimum absolute atomic E-state index is 0.108. The number of benzene rings is 2. The molecule has 31 heavy (non-hydrogen) atoms. The van der Waals surface area contributed by atoms with Gasteiger partial charge < -0.3 is 15.5 Å². The maximum Gasteiger partial charge on any atom is 0.228 e. The number of hydrogen-bond donors (Lipinski definition) is 2. The van der Waals surface area contributed by atoms with Gasteiger partial charge in [0.15, 0.2) is 0 Å². The molecule has 0 spiro atoms. The Morgan fingerprint density at radius 3 is 2.55 bits per heavy atom. The summed E-state index contributed by atoms with van der Waals surface area (Å²) in [6.07, 6.45) is 0.227. The summed E-state index contributed by atoms with van der Waals surface area (Å²) >= 11 is 12.0. The minimum atomic E-state index is -0.108. The molecule has 1 aromatic heterocycles. The quantitative estimate of drug-likeness (QED) is 0.564. The molecular weight excluding hydrogens is 431 g/mol. The Labute approximate surface area is 192 Å². The third-order valence-electron chi connectivity index (χ3n) is 5.52. The second kappa shape index (κ2) is 9.03. The van der Waals surface area contributed by atoms with Crippen LogP contribution in [0.3, 0.4) is 0 Å². The number of fused-ring (bicyclic) bond motifs is 1. The molecule has 2 atom stereocenters. The largest absolute Gasteiger partial charge is 0.353 e. The standard InChI is InChI=1S/C24H26Cl2N4O/c1-14-8-23(30-12-15(2)27-16(3)13-30)29-22-7-5-18(11-19(14)22)28-24(31)10-17-4-6-20(25)21(26)9-17/h4-9,11,15-16,27H,10,12-13H2,1-3H3,(H,28,31). The molecule has 1 aliphatic heterocycles. The number of carbonyl (C=O) groups excluding carboxylic acids is 1. The van der Waals surface area contributed by atoms with Crippen LogP contribution in [-0.2, 0) is 11.2 Å². The van der Waals surface area contributed by atoms with E-state index in [0.29, 0.717) is 22.1 Å². The van der Waals surface area contributed by atoms with Gasteiger partial charge >= 0.3 is 0 Å². The van der Waals surface area contributed by atoms with Crippen molar-refractivity contribution in [1.29, 1.82) is 0 Å². The molecule has 0 radical (unpaired) electrons. The number of rotatable bonds is 4. The molecule has 1 fully saturated rings. The highest BCUT2D eigenvalue weighted by Gasteiger charge is 2.22. The van der Waals surface area contributed by atoms with Crippen molar-refractivity contribution < 1.29 is 4.79 Å². The molecule has 0 saturated carbocycles. The van der Waals surface area contributed by atoms with Crippen molar-refractivity contribution in [3.63, 3.8) is 0 Å². The van der Waals surface area contributed by atoms with Crippen LogP contribution in [0.25, 0.3) is 10.9 Å². The maximum atomic E-state index is 12.5. The predicted molar refractivity (Wildman–Crippen MR) is 130 cm³/mol. The van der Waals surface area contributed by atoms with Crippen LogP contribution in [0.15, 0.2) is 42.5 Å². The number of hydrogen-bond acceptors (Lipinski definition) is 4. The highest BCUT2D eigenvalue weighted by Crippen LogP contribution is 2.27. The Bertz CT molecular complexity index is 1120. The zero-order valence-corrected chi connectivity index (χ0v) is 19.4. The van der Waals surface area contributed by atoms with Gasteiger partial charge in [0.05, 0.1) is 22.0 Å². The second-order valence-corrected chi connectivity index (χ2v) is 9.19. The van der Waals surface area contributed by atoms with Crippen LogP contribution < -0.4 is 15.5 Å². The molecule has 2 aromatic carbocycles. The van der Waals surface area contributed by atoms with Crippen LogP contribution in [0.5, 0.6) is 0 Å². The van der Waals surface area contributed by atoms with Gasteiger partial charge in [0, 0.05) is 36.2 Å². The van der Waals surface area contributed by atoms with Crippen LogP contribution in [-0.4, -0.2) is 36.1 Å². The van der Waals surface area contributed by atoms with Crippen molar-refractivity contribution in [2.24, 2.45) is 0 Å². The number of aryl methyl sites for hydroxylation is 1. The van der Waals surface area contributed by atoms with E-state index in [1.54, 1.807) is 12.1 Å². The van der Waals surface area contributed by atoms with E-state index in [4.69, 9.17) is 28.2 Å². The highest BCUT2D eigenvalue weighted by atomic mass is 35.5. The van der Waals surface area contributed by atoms with Crippen molar-refractivity contribution in [2.45, 2.75) is 39.3 Å². The molecular formula is C24H26Cl2N4O. The first-order valence-electron chi connectivity index (χ1n) is 10.4. The lowest BCUT2D eigenvalue weighted by Gasteiger charge is -2.37. The SMILES string of the molecule is Cc1cc(N2CC(C)NC(C)C2)nc2ccc(NC(=O)Cc3ccc(Cl)c(Cl)c3)cc12. The number of nitrogens with one attached hydrogen (secondary N) is 2. The molecule has 1 aliphatic rings. The van der Waals surface area contributed by atoms with Crippen LogP contribution in [0.2, 0.25) is 10.0 Å². The molecule has 2 heterocycles. The number of nitrogens with zero attached hydrogens (tertiary/aromatic N) is 2. The van der Waals surface area contributed by atoms with Gasteiger partial charge in [0.25, 0.3) is 0 Å². The summed E-state index contributed by atoms with van der Waals surface area (Å²) in [5, 5.41) is 8.49. The molecule has 3 aromatic rings. The molecule has 5 nitrogen and oxygen atoms in total. The molecule has 0 aliphatic carbocycles. The monoisotopic (exact) mass is 456 g/mol. The Balaban J connectivity index is 1.52. The summed E-state index contributed by atoms with van der Waals surface area (Å²) in [5.74, 6) is 0.894. The highest BCUT2D eigenvalue weighted by molar-refractivity contribution is 6.42. The molecule has 1 amide bonds. The van der Waals surface area contributed by atoms with Gasteiger partial charge in [-0.1, -0.05) is 29.3 Å². The van der Waals surface area contributed by atoms with E-state index < -0.39 is 0 Å². The summed E-state index contributed by atoms with van der Waals surface area (Å²) in [6.45, 7) is 8.35. The number of amides is 1. The summed E-state index contributed by atoms with van der Waals surface area (Å²) in [4.78, 5) is 19.7. The van der Waals surface area contributed by atoms with Crippen molar-refractivity contribution in [3.05, 3.63) is 63.6 Å². The van der Waals surface area contributed by atoms with E-state index in [0.717, 1.165) is 46.6 Å². The number of pyridine rings is 1. The lowest BCUT2D eigenvalue weighted by atomic mass is 10.1. The summed E-state index contributed by atoms with van der Waals surface area (Å²) < 4.78 is 0. The van der Waals surface area contributed by atoms with E-state index in [9.17, 15) is 4.79 Å². The topological polar surface area (TPSA) is 57.3 Å². The summed E-state index contributed by atoms with van der Waals surface area (Å²) in [6, 6.07) is 14.1. The van der Waals surface area contributed by atoms with Gasteiger partial charge in [-0.15, -0.1) is 0 Å². The molecule has 2 unspecified atom stereocenters. The smallest absolute Gasteiger partial charge is 0.228 e. The maximum absolute atomic E-state index is 12.5. The van der Waals surface area contributed by atoms with E-state index >= 15 is 0 Å². The van der Waals surface area contributed by atoms with Crippen molar-refractivity contribution in [2.75, 3.05) is 23.3 Å². The van der Waals surface area contributed by atoms with Gasteiger partial charge in [-0.2, -0.15) is 0 Å². The van der Waals surface area contributed by atoms with E-state index in [1.165, 1.54) is 0 Å². The summed E-state index contributed by atoms with van der Waals surface area (Å²) in [7, 11) is 0. The first-order chi connectivity index (χ1) is 14.8. The fraction of sp³-hybridized carbons (Fsp3) is 0.333. The van der Waals surface area contributed by atoms with Crippen LogP contribution in [0.4, 0.5) is 11.5 Å². The fourth-order valence-electron chi connectivity index (χ4n) is 4.17. The first-order valence-corrected chi connectivity index (χ1v) is 11.2. The zero-order chi connectivity index (χ0) is 22.1. The Kier molecular flexibility index (Phi) is 6.37. The average Bonchev–Trinajstić information content (AvgIpc) is 2.70. The Morgan fingerprint density at radius 1 is 1.10 bits per heavy atom. The van der Waals surface area contributed by atoms with Gasteiger partial charge in [-0.05, 0) is 68.3 Å². The van der Waals surface area contributed by atoms with Gasteiger partial charge in [0.1, 0.15) is 5.82 Å². The van der Waals surface area contributed by atoms with Crippen molar-refractivity contribution in [1.82, 2.24) is 10.3 Å². The van der Waals surface area contributed by atoms with E-state index in [1.807, 2.05) is 24.3 Å². The predicted octanol–water partition coefficient (Wildman–Crippen LogP) is 5.22. The normalized spacial score (nSPS) is 18.9. The molecule has 7 heteroatoms. The Morgan fingerprint density at radius 2 is 1.84 bits per heavy atom. The number of halogens is 2. The third-order valence-corrected chi connectivity index (χ3v) is 6.26. The lowest BCUT2D eigenvalue weighted by Crippen LogP contribution is -2.54. The van der Waals surface area contributed by atoms with E-state index in [2.05, 4.69) is 42.4 Å². The fourth-order valence-corrected chi connectivity index (χ4v) is 4.49. The lowest BCUT2D eigenvalue weighted by molar-refractivity contribution is -0.115. The number of anilines is 2. The van der Waals surface area contributed by atoms with Gasteiger partial charge in [-0.3, -0.25) is 4.79 Å². The average molecular weight is 457 g/mol. The molecule has 2 N–H and O–H groups in total. The van der Waals surface area contributed by atoms with Gasteiger partial charge in [0.2, 0.25) is 5.91 Å². The van der Waals surface area contributed by atoms with Crippen LogP contribution in [0, 0.1) is 6.92 Å². The second-order valence-electron chi connectivity index (χ2n) is 8.38.